The molecule has 2 heterocycles. The predicted octanol–water partition coefficient (Wildman–Crippen LogP) is 4.54. The average Bonchev–Trinajstić information content (AvgIpc) is 1.37. The number of aromatic nitrogens is 1. The van der Waals surface area contributed by atoms with Crippen molar-refractivity contribution < 1.29 is 58.1 Å². The lowest BCUT2D eigenvalue weighted by Crippen LogP contribution is -2.64. The van der Waals surface area contributed by atoms with Crippen LogP contribution >= 0.6 is 0 Å². The molecule has 12 atom stereocenters. The van der Waals surface area contributed by atoms with E-state index in [1.165, 1.54) is 52.0 Å². The van der Waals surface area contributed by atoms with E-state index >= 15 is 9.59 Å². The zero-order chi connectivity index (χ0) is 65.9. The molecule has 1 saturated heterocycles. The Morgan fingerprint density at radius 3 is 1.62 bits per heavy atom. The van der Waals surface area contributed by atoms with Crippen LogP contribution in [-0.2, 0) is 49.5 Å². The van der Waals surface area contributed by atoms with Crippen molar-refractivity contribution in [1.82, 2.24) is 55.7 Å². The molecule has 23 nitrogen and oxygen atoms in total. The summed E-state index contributed by atoms with van der Waals surface area (Å²) < 4.78 is 5.49. The summed E-state index contributed by atoms with van der Waals surface area (Å²) in [6, 6.07) is -3.65. The minimum absolute atomic E-state index is 0.0494. The van der Waals surface area contributed by atoms with E-state index in [1.54, 1.807) is 34.7 Å². The van der Waals surface area contributed by atoms with Crippen molar-refractivity contribution in [2.45, 2.75) is 229 Å². The third-order valence-corrected chi connectivity index (χ3v) is 16.0. The molecule has 3 unspecified atom stereocenters. The second kappa shape index (κ2) is 35.3. The summed E-state index contributed by atoms with van der Waals surface area (Å²) >= 11 is 0. The molecule has 1 fully saturated rings. The Kier molecular flexibility index (Phi) is 31.3. The van der Waals surface area contributed by atoms with Crippen LogP contribution in [0.25, 0.3) is 0 Å². The van der Waals surface area contributed by atoms with Crippen molar-refractivity contribution in [3.8, 4) is 0 Å². The van der Waals surface area contributed by atoms with Crippen molar-refractivity contribution in [3.05, 3.63) is 29.6 Å². The number of carbonyl (C=O) groups is 9. The Bertz CT molecular complexity index is 2400. The van der Waals surface area contributed by atoms with Crippen molar-refractivity contribution in [2.75, 3.05) is 48.8 Å². The van der Waals surface area contributed by atoms with Gasteiger partial charge in [0.05, 0.1) is 31.1 Å². The van der Waals surface area contributed by atoms with Crippen molar-refractivity contribution >= 4 is 53.4 Å². The van der Waals surface area contributed by atoms with Crippen LogP contribution in [0.3, 0.4) is 0 Å². The molecule has 0 radical (unpaired) electrons. The average molecular weight is 1210 g/mol. The van der Waals surface area contributed by atoms with Gasteiger partial charge < -0.3 is 50.5 Å². The second-order valence-corrected chi connectivity index (χ2v) is 26.7. The molecule has 1 aromatic rings. The molecule has 86 heavy (non-hydrogen) atoms. The molecule has 0 aromatic carbocycles. The summed E-state index contributed by atoms with van der Waals surface area (Å²) in [6.45, 7) is 28.5. The lowest BCUT2D eigenvalue weighted by Gasteiger charge is -2.40. The van der Waals surface area contributed by atoms with Crippen LogP contribution in [0, 0.1) is 48.3 Å². The van der Waals surface area contributed by atoms with E-state index in [0.29, 0.717) is 32.1 Å². The standard InChI is InChI=1S/C63H111N11O12/c1-35(2)29-46-59(81)73(21)53(40(11)12)61(83)74(22)54(55(77)41(13)25-23-27-45-28-24-26-42(14)64-45)58(80)68-52(44(16)75)60(82)69(17)34-51(76)70(18)47(30-36(3)4)57(79)67-50(33-39(9)10)72(20)49(32-38(7)8)65-43(15)62(84)86-63(85)71(19)48(31-37(5)6)56(78)66-46/h24,26,28,35-41,43-44,46-50,52-55,65,75,77H,23,25,27,29-34H2,1-22H3,(H,66,78)(H,67,79)(H,68,80)/t41-,43-,44-,46-,47+,48-,49-,50+,52?,53?,54?,55-/m1/s1. The van der Waals surface area contributed by atoms with Gasteiger partial charge in [-0.05, 0) is 133 Å². The van der Waals surface area contributed by atoms with Gasteiger partial charge in [0.15, 0.2) is 0 Å². The van der Waals surface area contributed by atoms with Gasteiger partial charge in [-0.25, -0.2) is 9.59 Å². The van der Waals surface area contributed by atoms with Gasteiger partial charge in [0.1, 0.15) is 42.3 Å². The van der Waals surface area contributed by atoms with E-state index in [0.717, 1.165) is 26.1 Å². The quantitative estimate of drug-likeness (QED) is 0.0869. The highest BCUT2D eigenvalue weighted by molar-refractivity contribution is 5.98. The number of nitrogens with one attached hydrogen (secondary N) is 4. The topological polar surface area (TPSA) is 284 Å². The number of cyclic esters (lactones) is 2. The van der Waals surface area contributed by atoms with Crippen molar-refractivity contribution in [2.24, 2.45) is 41.4 Å². The van der Waals surface area contributed by atoms with Crippen LogP contribution in [0.15, 0.2) is 18.2 Å². The van der Waals surface area contributed by atoms with E-state index < -0.39 is 139 Å². The third-order valence-electron chi connectivity index (χ3n) is 16.0. The van der Waals surface area contributed by atoms with Gasteiger partial charge in [0.2, 0.25) is 41.4 Å². The molecule has 490 valence electrons. The number of aryl methyl sites for hydroxylation is 2. The number of esters is 1. The molecule has 1 aliphatic heterocycles. The predicted molar refractivity (Wildman–Crippen MR) is 331 cm³/mol. The fourth-order valence-electron chi connectivity index (χ4n) is 11.0. The number of aliphatic hydroxyl groups excluding tert-OH is 2. The summed E-state index contributed by atoms with van der Waals surface area (Å²) in [5.41, 5.74) is 1.67. The minimum Gasteiger partial charge on any atom is -0.391 e. The molecule has 8 amide bonds. The molecule has 23 heteroatoms. The van der Waals surface area contributed by atoms with Crippen LogP contribution in [0.4, 0.5) is 4.79 Å². The number of nitrogens with zero attached hydrogens (tertiary/aromatic N) is 7. The first-order chi connectivity index (χ1) is 39.8. The fourth-order valence-corrected chi connectivity index (χ4v) is 11.0. The van der Waals surface area contributed by atoms with Crippen LogP contribution < -0.4 is 21.3 Å². The van der Waals surface area contributed by atoms with Crippen LogP contribution in [0.2, 0.25) is 0 Å². The first-order valence-corrected chi connectivity index (χ1v) is 31.0. The SMILES string of the molecule is Cc1cccc(CCC[C@@H](C)[C@@H](O)C2C(=O)NC([C@@H](C)O)C(=O)N(C)CC(=O)N(C)[C@@H](CC(C)C)C(=O)N[C@H](CC(C)C)N(C)[C@H](CC(C)C)N[C@H](C)C(=O)OC(=O)N(C)[C@H](CC(C)C)C(=O)N[C@H](CC(C)C)C(=O)N(C)C(C(C)C)C(=O)N2C)n1. The Balaban J connectivity index is 2.96. The lowest BCUT2D eigenvalue weighted by atomic mass is 9.90. The normalized spacial score (nSPS) is 25.8. The van der Waals surface area contributed by atoms with Gasteiger partial charge in [-0.15, -0.1) is 0 Å². The molecule has 0 saturated carbocycles. The Hall–Kier alpha value is -5.78. The maximum absolute atomic E-state index is 15.2. The zero-order valence-corrected chi connectivity index (χ0v) is 56.1. The summed E-state index contributed by atoms with van der Waals surface area (Å²) in [5, 5.41) is 35.6. The monoisotopic (exact) mass is 1210 g/mol. The number of hydrogen-bond donors (Lipinski definition) is 6. The maximum Gasteiger partial charge on any atom is 0.417 e. The highest BCUT2D eigenvalue weighted by atomic mass is 16.6. The second-order valence-electron chi connectivity index (χ2n) is 26.7. The first-order valence-electron chi connectivity index (χ1n) is 31.0. The molecule has 2 rings (SSSR count). The van der Waals surface area contributed by atoms with E-state index in [1.807, 2.05) is 99.3 Å². The van der Waals surface area contributed by atoms with Gasteiger partial charge in [0, 0.05) is 46.6 Å². The molecule has 0 spiro atoms. The molecule has 0 bridgehead atoms. The highest BCUT2D eigenvalue weighted by Gasteiger charge is 2.45. The fraction of sp³-hybridized carbons (Fsp3) is 0.778. The molecule has 1 aromatic heterocycles. The first kappa shape index (κ1) is 76.3. The van der Waals surface area contributed by atoms with Crippen LogP contribution in [0.5, 0.6) is 0 Å². The molecular weight excluding hydrogens is 1100 g/mol. The smallest absolute Gasteiger partial charge is 0.391 e. The summed E-state index contributed by atoms with van der Waals surface area (Å²) in [7, 11) is 8.65. The van der Waals surface area contributed by atoms with Gasteiger partial charge in [0.25, 0.3) is 0 Å². The van der Waals surface area contributed by atoms with Gasteiger partial charge in [-0.3, -0.25) is 53.7 Å². The number of aliphatic hydroxyl groups is 2. The van der Waals surface area contributed by atoms with E-state index in [9.17, 15) is 43.8 Å². The number of rotatable bonds is 18. The lowest BCUT2D eigenvalue weighted by molar-refractivity contribution is -0.155. The van der Waals surface area contributed by atoms with Crippen LogP contribution in [-0.4, -0.2) is 214 Å². The zero-order valence-electron chi connectivity index (χ0n) is 56.1. The van der Waals surface area contributed by atoms with E-state index in [2.05, 4.69) is 26.3 Å². The Morgan fingerprint density at radius 1 is 0.593 bits per heavy atom. The number of pyridine rings is 1. The van der Waals surface area contributed by atoms with E-state index in [4.69, 9.17) is 4.74 Å². The largest absolute Gasteiger partial charge is 0.417 e. The Morgan fingerprint density at radius 2 is 1.10 bits per heavy atom. The van der Waals surface area contributed by atoms with Crippen molar-refractivity contribution in [3.63, 3.8) is 0 Å². The third kappa shape index (κ3) is 23.1. The maximum atomic E-state index is 15.2. The number of carbonyl (C=O) groups excluding carboxylic acids is 9. The highest BCUT2D eigenvalue weighted by Crippen LogP contribution is 2.25. The van der Waals surface area contributed by atoms with Gasteiger partial charge in [-0.1, -0.05) is 96.1 Å². The molecular formula is C63H111N11O12. The van der Waals surface area contributed by atoms with Crippen molar-refractivity contribution in [1.29, 1.82) is 0 Å². The number of ether oxygens (including phenoxy) is 1. The summed E-state index contributed by atoms with van der Waals surface area (Å²) in [4.78, 5) is 143. The van der Waals surface area contributed by atoms with Crippen LogP contribution in [0.1, 0.15) is 160 Å². The number of amides is 8. The van der Waals surface area contributed by atoms with E-state index in [-0.39, 0.29) is 48.9 Å². The van der Waals surface area contributed by atoms with Gasteiger partial charge >= 0.3 is 12.1 Å². The van der Waals surface area contributed by atoms with Gasteiger partial charge in [-0.2, -0.15) is 0 Å². The molecule has 0 aliphatic carbocycles. The molecule has 6 N–H and O–H groups in total. The number of likely N-dealkylation sites (N-methyl/N-ethyl adjacent to an activating group) is 5. The minimum atomic E-state index is -1.72. The number of hydrogen-bond acceptors (Lipinski definition) is 15. The summed E-state index contributed by atoms with van der Waals surface area (Å²) in [5.74, 6) is -7.66. The Labute approximate surface area is 514 Å². The molecule has 1 aliphatic rings. The summed E-state index contributed by atoms with van der Waals surface area (Å²) in [6.07, 6.45) is -2.67.